The lowest BCUT2D eigenvalue weighted by Gasteiger charge is -2.32. The third-order valence-corrected chi connectivity index (χ3v) is 3.21. The van der Waals surface area contributed by atoms with Gasteiger partial charge in [-0.15, -0.1) is 0 Å². The van der Waals surface area contributed by atoms with Gasteiger partial charge in [0.05, 0.1) is 0 Å². The third-order valence-electron chi connectivity index (χ3n) is 3.03. The molecule has 0 spiro atoms. The molecular formula is C13H13N3OS. The molecule has 3 rings (SSSR count). The number of benzene rings is 1. The summed E-state index contributed by atoms with van der Waals surface area (Å²) in [4.78, 5) is 4.41. The van der Waals surface area contributed by atoms with E-state index in [1.54, 1.807) is 0 Å². The minimum Gasteiger partial charge on any atom is -0.481 e. The number of hydrogen-bond acceptors (Lipinski definition) is 4. The first-order valence-corrected chi connectivity index (χ1v) is 6.15. The van der Waals surface area contributed by atoms with E-state index in [-0.39, 0.29) is 0 Å². The van der Waals surface area contributed by atoms with Gasteiger partial charge in [0.15, 0.2) is 0 Å². The van der Waals surface area contributed by atoms with Gasteiger partial charge in [-0.3, -0.25) is 5.10 Å². The maximum atomic E-state index is 5.98. The molecule has 0 saturated carbocycles. The van der Waals surface area contributed by atoms with E-state index < -0.39 is 5.60 Å². The van der Waals surface area contributed by atoms with Crippen LogP contribution in [0.15, 0.2) is 18.2 Å². The molecule has 4 nitrogen and oxygen atoms in total. The number of aromatic amines is 1. The van der Waals surface area contributed by atoms with Crippen LogP contribution in [0.1, 0.15) is 25.1 Å². The van der Waals surface area contributed by atoms with Gasteiger partial charge in [0.25, 0.3) is 0 Å². The first kappa shape index (κ1) is 11.3. The Bertz CT molecular complexity index is 691. The normalized spacial score (nSPS) is 15.5. The van der Waals surface area contributed by atoms with E-state index in [4.69, 9.17) is 17.0 Å². The molecule has 1 aromatic heterocycles. The Morgan fingerprint density at radius 1 is 1.33 bits per heavy atom. The molecule has 0 saturated heterocycles. The number of nitrogens with one attached hydrogen (secondary N) is 1. The van der Waals surface area contributed by atoms with Gasteiger partial charge in [0.1, 0.15) is 22.7 Å². The summed E-state index contributed by atoms with van der Waals surface area (Å²) in [7, 11) is 0. The van der Waals surface area contributed by atoms with Gasteiger partial charge in [-0.1, -0.05) is 11.6 Å². The Balaban J connectivity index is 2.37. The zero-order chi connectivity index (χ0) is 12.9. The van der Waals surface area contributed by atoms with E-state index in [1.807, 2.05) is 39.0 Å². The Morgan fingerprint density at radius 3 is 2.89 bits per heavy atom. The number of H-pyrrole nitrogens is 1. The summed E-state index contributed by atoms with van der Waals surface area (Å²) >= 11 is 5.06. The zero-order valence-corrected chi connectivity index (χ0v) is 11.3. The number of nitrogens with zero attached hydrogens (tertiary/aromatic N) is 2. The highest BCUT2D eigenvalue weighted by molar-refractivity contribution is 7.71. The van der Waals surface area contributed by atoms with Crippen molar-refractivity contribution in [1.29, 1.82) is 0 Å². The highest BCUT2D eigenvalue weighted by Gasteiger charge is 2.35. The van der Waals surface area contributed by atoms with E-state index >= 15 is 0 Å². The monoisotopic (exact) mass is 259 g/mol. The molecule has 5 heteroatoms. The number of ether oxygens (including phenoxy) is 1. The van der Waals surface area contributed by atoms with Gasteiger partial charge in [0, 0.05) is 5.56 Å². The van der Waals surface area contributed by atoms with Crippen LogP contribution in [0.4, 0.5) is 0 Å². The molecule has 0 fully saturated rings. The second-order valence-electron chi connectivity index (χ2n) is 4.95. The van der Waals surface area contributed by atoms with Crippen LogP contribution in [0, 0.1) is 11.7 Å². The van der Waals surface area contributed by atoms with E-state index in [2.05, 4.69) is 15.2 Å². The number of aromatic nitrogens is 3. The molecule has 0 atom stereocenters. The van der Waals surface area contributed by atoms with Crippen LogP contribution in [0.2, 0.25) is 0 Å². The van der Waals surface area contributed by atoms with Crippen molar-refractivity contribution in [3.8, 4) is 17.0 Å². The van der Waals surface area contributed by atoms with Gasteiger partial charge >= 0.3 is 0 Å². The smallest absolute Gasteiger partial charge is 0.214 e. The molecule has 1 aliphatic heterocycles. The van der Waals surface area contributed by atoms with Crippen LogP contribution in [-0.2, 0) is 5.60 Å². The van der Waals surface area contributed by atoms with Crippen LogP contribution in [0.3, 0.4) is 0 Å². The molecule has 0 unspecified atom stereocenters. The van der Waals surface area contributed by atoms with Crippen LogP contribution >= 0.6 is 12.2 Å². The molecule has 2 aromatic rings. The highest BCUT2D eigenvalue weighted by atomic mass is 32.1. The molecule has 2 heterocycles. The van der Waals surface area contributed by atoms with Crippen molar-refractivity contribution >= 4 is 12.2 Å². The minimum absolute atomic E-state index is 0.388. The second-order valence-corrected chi connectivity index (χ2v) is 5.34. The molecule has 0 bridgehead atoms. The van der Waals surface area contributed by atoms with Gasteiger partial charge in [-0.05, 0) is 45.1 Å². The average molecular weight is 259 g/mol. The quantitative estimate of drug-likeness (QED) is 0.738. The molecule has 18 heavy (non-hydrogen) atoms. The Hall–Kier alpha value is -1.75. The summed E-state index contributed by atoms with van der Waals surface area (Å²) in [5.74, 6) is 0.827. The molecule has 0 radical (unpaired) electrons. The summed E-state index contributed by atoms with van der Waals surface area (Å²) in [5.41, 5.74) is 3.20. The maximum Gasteiger partial charge on any atom is 0.214 e. The standard InChI is InChI=1S/C13H13N3OS/c1-7-4-5-9-8(6-7)10-11(13(2,3)17-9)15-16-12(18)14-10/h4-6H,1-3H3,(H,14,16,18). The third kappa shape index (κ3) is 1.62. The minimum atomic E-state index is -0.510. The second kappa shape index (κ2) is 3.62. The Morgan fingerprint density at radius 2 is 2.11 bits per heavy atom. The first-order chi connectivity index (χ1) is 8.47. The number of hydrogen-bond donors (Lipinski definition) is 1. The lowest BCUT2D eigenvalue weighted by Crippen LogP contribution is -2.31. The molecule has 1 aromatic carbocycles. The van der Waals surface area contributed by atoms with Gasteiger partial charge < -0.3 is 4.74 Å². The predicted octanol–water partition coefficient (Wildman–Crippen LogP) is 3.14. The highest BCUT2D eigenvalue weighted by Crippen LogP contribution is 2.42. The van der Waals surface area contributed by atoms with E-state index in [0.29, 0.717) is 4.77 Å². The van der Waals surface area contributed by atoms with Crippen LogP contribution in [0.25, 0.3) is 11.3 Å². The van der Waals surface area contributed by atoms with Crippen molar-refractivity contribution in [3.63, 3.8) is 0 Å². The average Bonchev–Trinajstić information content (AvgIpc) is 2.30. The fraction of sp³-hybridized carbons (Fsp3) is 0.308. The molecular weight excluding hydrogens is 246 g/mol. The summed E-state index contributed by atoms with van der Waals surface area (Å²) < 4.78 is 6.37. The number of aryl methyl sites for hydroxylation is 1. The van der Waals surface area contributed by atoms with Gasteiger partial charge in [0.2, 0.25) is 4.77 Å². The lowest BCUT2D eigenvalue weighted by atomic mass is 9.94. The van der Waals surface area contributed by atoms with Crippen LogP contribution in [-0.4, -0.2) is 15.2 Å². The van der Waals surface area contributed by atoms with Crippen molar-refractivity contribution in [2.24, 2.45) is 0 Å². The van der Waals surface area contributed by atoms with E-state index in [1.165, 1.54) is 0 Å². The largest absolute Gasteiger partial charge is 0.481 e. The summed E-state index contributed by atoms with van der Waals surface area (Å²) in [6, 6.07) is 6.04. The van der Waals surface area contributed by atoms with Gasteiger partial charge in [-0.25, -0.2) is 4.98 Å². The Kier molecular flexibility index (Phi) is 2.28. The lowest BCUT2D eigenvalue weighted by molar-refractivity contribution is 0.0985. The fourth-order valence-corrected chi connectivity index (χ4v) is 2.32. The van der Waals surface area contributed by atoms with Crippen molar-refractivity contribution in [1.82, 2.24) is 15.2 Å². The summed E-state index contributed by atoms with van der Waals surface area (Å²) in [6.07, 6.45) is 0. The van der Waals surface area contributed by atoms with Crippen LogP contribution < -0.4 is 4.74 Å². The SMILES string of the molecule is Cc1ccc2c(c1)-c1nc(=S)[nH]nc1C(C)(C)O2. The van der Waals surface area contributed by atoms with Crippen LogP contribution in [0.5, 0.6) is 5.75 Å². The molecule has 1 aliphatic rings. The topological polar surface area (TPSA) is 50.8 Å². The zero-order valence-electron chi connectivity index (χ0n) is 10.4. The van der Waals surface area contributed by atoms with Crippen molar-refractivity contribution in [3.05, 3.63) is 34.2 Å². The number of rotatable bonds is 0. The van der Waals surface area contributed by atoms with Crippen molar-refractivity contribution < 1.29 is 4.74 Å². The first-order valence-electron chi connectivity index (χ1n) is 5.74. The van der Waals surface area contributed by atoms with Gasteiger partial charge in [-0.2, -0.15) is 5.10 Å². The maximum absolute atomic E-state index is 5.98. The summed E-state index contributed by atoms with van der Waals surface area (Å²) in [5, 5.41) is 7.02. The van der Waals surface area contributed by atoms with Crippen molar-refractivity contribution in [2.75, 3.05) is 0 Å². The Labute approximate surface area is 110 Å². The molecule has 0 aliphatic carbocycles. The predicted molar refractivity (Wildman–Crippen MR) is 71.0 cm³/mol. The summed E-state index contributed by atoms with van der Waals surface area (Å²) in [6.45, 7) is 5.98. The number of fused-ring (bicyclic) bond motifs is 3. The molecule has 1 N–H and O–H groups in total. The van der Waals surface area contributed by atoms with E-state index in [0.717, 1.165) is 28.3 Å². The molecule has 0 amide bonds. The van der Waals surface area contributed by atoms with E-state index in [9.17, 15) is 0 Å². The molecule has 92 valence electrons. The fourth-order valence-electron chi connectivity index (χ4n) is 2.18. The van der Waals surface area contributed by atoms with Crippen molar-refractivity contribution in [2.45, 2.75) is 26.4 Å².